The average molecular weight is 494 g/mol. The van der Waals surface area contributed by atoms with Gasteiger partial charge in [-0.05, 0) is 35.9 Å². The van der Waals surface area contributed by atoms with Gasteiger partial charge < -0.3 is 10.2 Å². The van der Waals surface area contributed by atoms with E-state index in [0.717, 1.165) is 6.07 Å². The molecule has 29 heavy (non-hydrogen) atoms. The van der Waals surface area contributed by atoms with Crippen molar-refractivity contribution in [1.82, 2.24) is 0 Å². The summed E-state index contributed by atoms with van der Waals surface area (Å²) in [5, 5.41) is 20.4. The molecule has 152 valence electrons. The molecule has 0 aliphatic rings. The van der Waals surface area contributed by atoms with Gasteiger partial charge in [-0.25, -0.2) is 0 Å². The second kappa shape index (κ2) is 7.87. The number of benzene rings is 3. The van der Waals surface area contributed by atoms with Crippen LogP contribution in [0.5, 0.6) is 11.5 Å². The number of hydrogen-bond donors (Lipinski definition) is 3. The standard InChI is InChI=1S/C19H12Cl4O5S/c20-13-6-5-10(7-18(13)25)19(29(26,27)28,11-3-1-2-4-17(11)24)12-8-15(22)16(23)9-14(12)21/h1-9,24-25H,(H,26,27,28). The molecule has 0 saturated carbocycles. The summed E-state index contributed by atoms with van der Waals surface area (Å²) in [6.45, 7) is 0. The van der Waals surface area contributed by atoms with E-state index in [1.165, 1.54) is 48.5 Å². The molecule has 0 fully saturated rings. The zero-order chi connectivity index (χ0) is 21.6. The number of para-hydroxylation sites is 1. The fraction of sp³-hybridized carbons (Fsp3) is 0.0526. The summed E-state index contributed by atoms with van der Waals surface area (Å²) in [5.74, 6) is -0.884. The van der Waals surface area contributed by atoms with Gasteiger partial charge in [0, 0.05) is 16.1 Å². The minimum Gasteiger partial charge on any atom is -0.508 e. The van der Waals surface area contributed by atoms with Crippen molar-refractivity contribution in [1.29, 1.82) is 0 Å². The van der Waals surface area contributed by atoms with Gasteiger partial charge in [0.2, 0.25) is 0 Å². The lowest BCUT2D eigenvalue weighted by molar-refractivity contribution is 0.439. The van der Waals surface area contributed by atoms with Crippen molar-refractivity contribution >= 4 is 56.5 Å². The third-order valence-electron chi connectivity index (χ3n) is 4.41. The highest BCUT2D eigenvalue weighted by Crippen LogP contribution is 2.51. The molecule has 0 amide bonds. The van der Waals surface area contributed by atoms with E-state index in [0.29, 0.717) is 0 Å². The lowest BCUT2D eigenvalue weighted by Crippen LogP contribution is -2.38. The van der Waals surface area contributed by atoms with Crippen LogP contribution in [0.1, 0.15) is 16.7 Å². The molecule has 3 N–H and O–H groups in total. The van der Waals surface area contributed by atoms with Crippen LogP contribution in [-0.4, -0.2) is 23.2 Å². The number of halogens is 4. The molecular weight excluding hydrogens is 482 g/mol. The molecule has 0 radical (unpaired) electrons. The Hall–Kier alpha value is -1.67. The Morgan fingerprint density at radius 2 is 1.31 bits per heavy atom. The zero-order valence-corrected chi connectivity index (χ0v) is 18.1. The lowest BCUT2D eigenvalue weighted by Gasteiger charge is -2.34. The van der Waals surface area contributed by atoms with Gasteiger partial charge in [0.05, 0.1) is 15.1 Å². The molecule has 0 heterocycles. The molecule has 0 spiro atoms. The summed E-state index contributed by atoms with van der Waals surface area (Å²) in [4.78, 5) is 0. The van der Waals surface area contributed by atoms with E-state index in [9.17, 15) is 23.2 Å². The van der Waals surface area contributed by atoms with Crippen LogP contribution in [0, 0.1) is 0 Å². The van der Waals surface area contributed by atoms with E-state index in [-0.39, 0.29) is 36.8 Å². The van der Waals surface area contributed by atoms with Crippen LogP contribution in [0.2, 0.25) is 20.1 Å². The smallest absolute Gasteiger partial charge is 0.283 e. The molecule has 5 nitrogen and oxygen atoms in total. The molecule has 3 aromatic carbocycles. The molecule has 0 aliphatic carbocycles. The van der Waals surface area contributed by atoms with Crippen LogP contribution in [0.25, 0.3) is 0 Å². The van der Waals surface area contributed by atoms with Gasteiger partial charge in [0.15, 0.2) is 4.75 Å². The zero-order valence-electron chi connectivity index (χ0n) is 14.3. The number of phenolic OH excluding ortho intramolecular Hbond substituents is 2. The maximum Gasteiger partial charge on any atom is 0.283 e. The van der Waals surface area contributed by atoms with Crippen molar-refractivity contribution < 1.29 is 23.2 Å². The van der Waals surface area contributed by atoms with Crippen LogP contribution in [0.15, 0.2) is 54.6 Å². The Morgan fingerprint density at radius 3 is 1.90 bits per heavy atom. The number of rotatable bonds is 4. The molecular formula is C19H12Cl4O5S. The molecule has 0 aliphatic heterocycles. The van der Waals surface area contributed by atoms with Crippen LogP contribution >= 0.6 is 46.4 Å². The first kappa shape index (κ1) is 22.0. The maximum atomic E-state index is 12.9. The number of phenols is 2. The number of hydrogen-bond acceptors (Lipinski definition) is 4. The lowest BCUT2D eigenvalue weighted by atomic mass is 9.83. The summed E-state index contributed by atoms with van der Waals surface area (Å²) in [7, 11) is -5.09. The van der Waals surface area contributed by atoms with Gasteiger partial charge in [-0.2, -0.15) is 8.42 Å². The summed E-state index contributed by atoms with van der Waals surface area (Å²) in [6, 6.07) is 11.5. The minimum absolute atomic E-state index is 0.0345. The van der Waals surface area contributed by atoms with Crippen molar-refractivity contribution in [3.8, 4) is 11.5 Å². The second-order valence-corrected chi connectivity index (χ2v) is 9.28. The van der Waals surface area contributed by atoms with Gasteiger partial charge in [-0.3, -0.25) is 4.55 Å². The Kier molecular flexibility index (Phi) is 5.98. The first-order valence-electron chi connectivity index (χ1n) is 7.89. The highest BCUT2D eigenvalue weighted by atomic mass is 35.5. The molecule has 10 heteroatoms. The van der Waals surface area contributed by atoms with Gasteiger partial charge in [-0.15, -0.1) is 0 Å². The summed E-state index contributed by atoms with van der Waals surface area (Å²) < 4.78 is 33.9. The van der Waals surface area contributed by atoms with Gasteiger partial charge in [0.1, 0.15) is 11.5 Å². The Morgan fingerprint density at radius 1 is 0.690 bits per heavy atom. The largest absolute Gasteiger partial charge is 0.508 e. The van der Waals surface area contributed by atoms with Gasteiger partial charge in [0.25, 0.3) is 10.1 Å². The average Bonchev–Trinajstić information content (AvgIpc) is 2.63. The molecule has 0 aromatic heterocycles. The number of aromatic hydroxyl groups is 2. The molecule has 3 aromatic rings. The van der Waals surface area contributed by atoms with Crippen molar-refractivity contribution in [2.45, 2.75) is 4.75 Å². The van der Waals surface area contributed by atoms with E-state index < -0.39 is 26.4 Å². The van der Waals surface area contributed by atoms with Crippen LogP contribution in [0.3, 0.4) is 0 Å². The third kappa shape index (κ3) is 3.65. The normalized spacial score (nSPS) is 13.8. The summed E-state index contributed by atoms with van der Waals surface area (Å²) in [5.41, 5.74) is -0.535. The fourth-order valence-electron chi connectivity index (χ4n) is 3.18. The molecule has 1 unspecified atom stereocenters. The Balaban J connectivity index is 2.61. The molecule has 3 rings (SSSR count). The predicted molar refractivity (Wildman–Crippen MR) is 114 cm³/mol. The molecule has 0 bridgehead atoms. The first-order chi connectivity index (χ1) is 13.5. The summed E-state index contributed by atoms with van der Waals surface area (Å²) >= 11 is 24.3. The minimum atomic E-state index is -5.09. The van der Waals surface area contributed by atoms with E-state index in [4.69, 9.17) is 46.4 Å². The first-order valence-corrected chi connectivity index (χ1v) is 10.8. The molecule has 1 atom stereocenters. The Labute approximate surface area is 186 Å². The van der Waals surface area contributed by atoms with Crippen LogP contribution in [0.4, 0.5) is 0 Å². The van der Waals surface area contributed by atoms with Crippen molar-refractivity contribution in [2.24, 2.45) is 0 Å². The third-order valence-corrected chi connectivity index (χ3v) is 7.22. The quantitative estimate of drug-likeness (QED) is 0.239. The van der Waals surface area contributed by atoms with E-state index in [1.54, 1.807) is 0 Å². The topological polar surface area (TPSA) is 94.8 Å². The SMILES string of the molecule is O=S(=O)(O)C(c1ccc(Cl)c(O)c1)(c1ccccc1O)c1cc(Cl)c(Cl)cc1Cl. The van der Waals surface area contributed by atoms with Gasteiger partial charge >= 0.3 is 0 Å². The highest BCUT2D eigenvalue weighted by molar-refractivity contribution is 7.87. The van der Waals surface area contributed by atoms with E-state index in [2.05, 4.69) is 0 Å². The van der Waals surface area contributed by atoms with Gasteiger partial charge in [-0.1, -0.05) is 70.7 Å². The molecule has 0 saturated heterocycles. The van der Waals surface area contributed by atoms with Crippen LogP contribution < -0.4 is 0 Å². The van der Waals surface area contributed by atoms with Crippen molar-refractivity contribution in [2.75, 3.05) is 0 Å². The van der Waals surface area contributed by atoms with E-state index in [1.807, 2.05) is 0 Å². The fourth-order valence-corrected chi connectivity index (χ4v) is 5.36. The maximum absolute atomic E-state index is 12.9. The Bertz CT molecular complexity index is 1210. The van der Waals surface area contributed by atoms with Crippen LogP contribution in [-0.2, 0) is 14.9 Å². The highest BCUT2D eigenvalue weighted by Gasteiger charge is 2.51. The van der Waals surface area contributed by atoms with Crippen molar-refractivity contribution in [3.05, 3.63) is 91.4 Å². The second-order valence-electron chi connectivity index (χ2n) is 6.09. The van der Waals surface area contributed by atoms with Crippen molar-refractivity contribution in [3.63, 3.8) is 0 Å². The summed E-state index contributed by atoms with van der Waals surface area (Å²) in [6.07, 6.45) is 0. The monoisotopic (exact) mass is 492 g/mol. The predicted octanol–water partition coefficient (Wildman–Crippen LogP) is 5.89. The van der Waals surface area contributed by atoms with E-state index >= 15 is 0 Å².